The lowest BCUT2D eigenvalue weighted by molar-refractivity contribution is -0.385. The molecule has 1 N–H and O–H groups in total. The van der Waals surface area contributed by atoms with Crippen LogP contribution in [0, 0.1) is 23.0 Å². The fraction of sp³-hybridized carbons (Fsp3) is 0.462. The van der Waals surface area contributed by atoms with Crippen molar-refractivity contribution >= 4 is 27.5 Å². The summed E-state index contributed by atoms with van der Waals surface area (Å²) in [6, 6.07) is 4.52. The topological polar surface area (TPSA) is 72.2 Å². The van der Waals surface area contributed by atoms with Gasteiger partial charge in [-0.15, -0.1) is 0 Å². The molecule has 0 saturated heterocycles. The number of nitro benzene ring substituents is 1. The SMILES string of the molecule is Cc1c(C(=O)NC(CBr)C(C)C)cccc1[N+](=O)[O-]. The number of carbonyl (C=O) groups is 1. The van der Waals surface area contributed by atoms with Gasteiger partial charge in [0.2, 0.25) is 0 Å². The molecule has 0 aliphatic rings. The molecule has 19 heavy (non-hydrogen) atoms. The highest BCUT2D eigenvalue weighted by atomic mass is 79.9. The van der Waals surface area contributed by atoms with Gasteiger partial charge in [-0.1, -0.05) is 35.8 Å². The number of nitro groups is 1. The molecule has 0 spiro atoms. The molecule has 1 rings (SSSR count). The molecule has 0 radical (unpaired) electrons. The van der Waals surface area contributed by atoms with Crippen LogP contribution in [-0.4, -0.2) is 22.2 Å². The van der Waals surface area contributed by atoms with Crippen molar-refractivity contribution in [3.8, 4) is 0 Å². The van der Waals surface area contributed by atoms with Gasteiger partial charge in [-0.05, 0) is 18.9 Å². The van der Waals surface area contributed by atoms with Gasteiger partial charge in [0.1, 0.15) is 0 Å². The second-order valence-corrected chi connectivity index (χ2v) is 5.33. The quantitative estimate of drug-likeness (QED) is 0.513. The Hall–Kier alpha value is -1.43. The lowest BCUT2D eigenvalue weighted by Gasteiger charge is -2.20. The number of alkyl halides is 1. The lowest BCUT2D eigenvalue weighted by atomic mass is 10.0. The molecule has 1 amide bonds. The van der Waals surface area contributed by atoms with Gasteiger partial charge in [-0.3, -0.25) is 14.9 Å². The predicted octanol–water partition coefficient (Wildman–Crippen LogP) is 3.05. The monoisotopic (exact) mass is 328 g/mol. The van der Waals surface area contributed by atoms with E-state index in [1.165, 1.54) is 12.1 Å². The van der Waals surface area contributed by atoms with E-state index in [-0.39, 0.29) is 23.6 Å². The van der Waals surface area contributed by atoms with Gasteiger partial charge in [-0.25, -0.2) is 0 Å². The number of nitrogens with zero attached hydrogens (tertiary/aromatic N) is 1. The first-order valence-electron chi connectivity index (χ1n) is 5.99. The molecule has 0 aliphatic heterocycles. The maximum absolute atomic E-state index is 12.2. The number of benzene rings is 1. The van der Waals surface area contributed by atoms with Crippen molar-refractivity contribution in [3.63, 3.8) is 0 Å². The largest absolute Gasteiger partial charge is 0.348 e. The van der Waals surface area contributed by atoms with E-state index in [1.807, 2.05) is 13.8 Å². The standard InChI is InChI=1S/C13H17BrN2O3/c1-8(2)11(7-14)15-13(17)10-5-4-6-12(9(10)3)16(18)19/h4-6,8,11H,7H2,1-3H3,(H,15,17). The van der Waals surface area contributed by atoms with Gasteiger partial charge >= 0.3 is 0 Å². The van der Waals surface area contributed by atoms with Crippen LogP contribution in [0.15, 0.2) is 18.2 Å². The van der Waals surface area contributed by atoms with Crippen molar-refractivity contribution in [1.29, 1.82) is 0 Å². The van der Waals surface area contributed by atoms with Gasteiger partial charge < -0.3 is 5.32 Å². The zero-order chi connectivity index (χ0) is 14.6. The molecule has 0 fully saturated rings. The van der Waals surface area contributed by atoms with Crippen molar-refractivity contribution in [2.75, 3.05) is 5.33 Å². The van der Waals surface area contributed by atoms with E-state index in [2.05, 4.69) is 21.2 Å². The number of nitrogens with one attached hydrogen (secondary N) is 1. The third kappa shape index (κ3) is 3.76. The molecule has 1 aromatic carbocycles. The Morgan fingerprint density at radius 3 is 2.58 bits per heavy atom. The summed E-state index contributed by atoms with van der Waals surface area (Å²) >= 11 is 3.35. The second kappa shape index (κ2) is 6.65. The fourth-order valence-corrected chi connectivity index (χ4v) is 2.61. The maximum Gasteiger partial charge on any atom is 0.273 e. The van der Waals surface area contributed by atoms with Crippen molar-refractivity contribution in [2.45, 2.75) is 26.8 Å². The number of rotatable bonds is 5. The molecule has 5 nitrogen and oxygen atoms in total. The normalized spacial score (nSPS) is 12.3. The van der Waals surface area contributed by atoms with E-state index in [4.69, 9.17) is 0 Å². The van der Waals surface area contributed by atoms with Gasteiger partial charge in [0, 0.05) is 28.6 Å². The summed E-state index contributed by atoms with van der Waals surface area (Å²) in [5, 5.41) is 14.4. The Morgan fingerprint density at radius 2 is 2.11 bits per heavy atom. The highest BCUT2D eigenvalue weighted by Crippen LogP contribution is 2.21. The Labute approximate surface area is 120 Å². The molecule has 0 aromatic heterocycles. The molecule has 1 aromatic rings. The summed E-state index contributed by atoms with van der Waals surface area (Å²) in [7, 11) is 0. The molecule has 0 saturated carbocycles. The summed E-state index contributed by atoms with van der Waals surface area (Å²) in [5.74, 6) is 0.00155. The van der Waals surface area contributed by atoms with Crippen LogP contribution in [0.2, 0.25) is 0 Å². The van der Waals surface area contributed by atoms with Crippen LogP contribution in [-0.2, 0) is 0 Å². The number of halogens is 1. The highest BCUT2D eigenvalue weighted by Gasteiger charge is 2.21. The molecule has 0 heterocycles. The molecule has 6 heteroatoms. The van der Waals surface area contributed by atoms with Crippen LogP contribution in [0.1, 0.15) is 29.8 Å². The van der Waals surface area contributed by atoms with E-state index >= 15 is 0 Å². The number of carbonyl (C=O) groups excluding carboxylic acids is 1. The van der Waals surface area contributed by atoms with E-state index < -0.39 is 4.92 Å². The van der Waals surface area contributed by atoms with Crippen LogP contribution in [0.4, 0.5) is 5.69 Å². The van der Waals surface area contributed by atoms with E-state index in [0.717, 1.165) is 0 Å². The van der Waals surface area contributed by atoms with E-state index in [1.54, 1.807) is 13.0 Å². The fourth-order valence-electron chi connectivity index (χ4n) is 1.70. The minimum absolute atomic E-state index is 0.00818. The molecule has 0 aliphatic carbocycles. The minimum Gasteiger partial charge on any atom is -0.348 e. The van der Waals surface area contributed by atoms with Crippen LogP contribution < -0.4 is 5.32 Å². The smallest absolute Gasteiger partial charge is 0.273 e. The number of hydrogen-bond donors (Lipinski definition) is 1. The lowest BCUT2D eigenvalue weighted by Crippen LogP contribution is -2.40. The van der Waals surface area contributed by atoms with E-state index in [9.17, 15) is 14.9 Å². The highest BCUT2D eigenvalue weighted by molar-refractivity contribution is 9.09. The molecule has 104 valence electrons. The summed E-state index contributed by atoms with van der Waals surface area (Å²) in [6.07, 6.45) is 0. The Balaban J connectivity index is 3.00. The summed E-state index contributed by atoms with van der Waals surface area (Å²) < 4.78 is 0. The molecule has 0 bridgehead atoms. The first-order chi connectivity index (χ1) is 8.88. The molecular formula is C13H17BrN2O3. The van der Waals surface area contributed by atoms with Gasteiger partial charge in [0.25, 0.3) is 11.6 Å². The zero-order valence-corrected chi connectivity index (χ0v) is 12.7. The molecule has 1 atom stereocenters. The zero-order valence-electron chi connectivity index (χ0n) is 11.1. The average Bonchev–Trinajstić information content (AvgIpc) is 2.35. The number of hydrogen-bond acceptors (Lipinski definition) is 3. The Morgan fingerprint density at radius 1 is 1.47 bits per heavy atom. The van der Waals surface area contributed by atoms with E-state index in [0.29, 0.717) is 16.5 Å². The average molecular weight is 329 g/mol. The number of amides is 1. The summed E-state index contributed by atoms with van der Waals surface area (Å²) in [4.78, 5) is 22.5. The minimum atomic E-state index is -0.476. The van der Waals surface area contributed by atoms with Crippen LogP contribution >= 0.6 is 15.9 Å². The van der Waals surface area contributed by atoms with Crippen molar-refractivity contribution < 1.29 is 9.72 Å². The van der Waals surface area contributed by atoms with Crippen LogP contribution in [0.5, 0.6) is 0 Å². The summed E-state index contributed by atoms with van der Waals surface area (Å²) in [5.41, 5.74) is 0.704. The molecular weight excluding hydrogens is 312 g/mol. The van der Waals surface area contributed by atoms with Gasteiger partial charge in [0.15, 0.2) is 0 Å². The van der Waals surface area contributed by atoms with Gasteiger partial charge in [-0.2, -0.15) is 0 Å². The second-order valence-electron chi connectivity index (χ2n) is 4.69. The molecule has 1 unspecified atom stereocenters. The first kappa shape index (κ1) is 15.6. The van der Waals surface area contributed by atoms with Crippen LogP contribution in [0.25, 0.3) is 0 Å². The summed E-state index contributed by atoms with van der Waals surface area (Å²) in [6.45, 7) is 5.60. The maximum atomic E-state index is 12.2. The van der Waals surface area contributed by atoms with Crippen molar-refractivity contribution in [1.82, 2.24) is 5.32 Å². The third-order valence-electron chi connectivity index (χ3n) is 3.03. The van der Waals surface area contributed by atoms with Crippen molar-refractivity contribution in [3.05, 3.63) is 39.4 Å². The first-order valence-corrected chi connectivity index (χ1v) is 7.11. The van der Waals surface area contributed by atoms with Crippen molar-refractivity contribution in [2.24, 2.45) is 5.92 Å². The van der Waals surface area contributed by atoms with Crippen LogP contribution in [0.3, 0.4) is 0 Å². The Kier molecular flexibility index (Phi) is 5.47. The Bertz CT molecular complexity index is 489. The third-order valence-corrected chi connectivity index (χ3v) is 3.73. The van der Waals surface area contributed by atoms with Gasteiger partial charge in [0.05, 0.1) is 4.92 Å². The predicted molar refractivity (Wildman–Crippen MR) is 77.7 cm³/mol.